The minimum absolute atomic E-state index is 0.0865. The molecule has 0 radical (unpaired) electrons. The number of nitrogens with one attached hydrogen (secondary N) is 6. The lowest BCUT2D eigenvalue weighted by Crippen LogP contribution is -2.50. The van der Waals surface area contributed by atoms with Crippen molar-refractivity contribution in [3.05, 3.63) is 132 Å². The lowest BCUT2D eigenvalue weighted by molar-refractivity contribution is -0.130. The number of aromatic nitrogens is 4. The molecule has 0 spiro atoms. The predicted molar refractivity (Wildman–Crippen MR) is 362 cm³/mol. The number of carboxylic acid groups (broad SMARTS) is 1. The molecule has 2 aromatic carbocycles. The number of carboxylic acids is 1. The van der Waals surface area contributed by atoms with Gasteiger partial charge in [-0.05, 0) is 161 Å². The first-order valence-electron chi connectivity index (χ1n) is 30.6. The molecule has 1 unspecified atom stereocenters. The van der Waals surface area contributed by atoms with Crippen LogP contribution in [0.2, 0.25) is 0 Å². The molecule has 6 aromatic rings. The van der Waals surface area contributed by atoms with Crippen molar-refractivity contribution in [2.75, 3.05) is 57.8 Å². The summed E-state index contributed by atoms with van der Waals surface area (Å²) in [5, 5.41) is 25.0. The molecular formula is C64H89N10O9P3S2. The first kappa shape index (κ1) is 72.5. The fraction of sp³-hybridized carbons (Fsp3) is 0.469. The number of hydrogen-bond acceptors (Lipinski definition) is 13. The van der Waals surface area contributed by atoms with Gasteiger partial charge in [-0.2, -0.15) is 0 Å². The number of rotatable bonds is 17. The van der Waals surface area contributed by atoms with Crippen molar-refractivity contribution in [3.63, 3.8) is 0 Å². The Morgan fingerprint density at radius 3 is 1.48 bits per heavy atom. The number of benzene rings is 2. The summed E-state index contributed by atoms with van der Waals surface area (Å²) in [6.07, 6.45) is 19.2. The molecule has 1 atom stereocenters. The summed E-state index contributed by atoms with van der Waals surface area (Å²) in [7, 11) is -10.7. The molecule has 1 saturated carbocycles. The second-order valence-corrected chi connectivity index (χ2v) is 28.9. The Kier molecular flexibility index (Phi) is 32.2. The number of H-pyrrole nitrogens is 2. The first-order valence-corrected chi connectivity index (χ1v) is 36.6. The molecule has 6 heterocycles. The van der Waals surface area contributed by atoms with Crippen molar-refractivity contribution in [3.8, 4) is 23.7 Å². The van der Waals surface area contributed by atoms with E-state index in [0.717, 1.165) is 88.7 Å². The Labute approximate surface area is 531 Å². The summed E-state index contributed by atoms with van der Waals surface area (Å²) in [5.74, 6) is 9.85. The second kappa shape index (κ2) is 39.0. The van der Waals surface area contributed by atoms with Gasteiger partial charge < -0.3 is 46.1 Å². The minimum atomic E-state index is -3.57. The standard InChI is InChI=1S/C24H25N5OS.C16H22N4S.C9H21O6P3.C9H6O2.C6H15N/c30-22(10-9-18-6-2-1-3-7-18)29-15-5-4-8-20(29)17-28-24(31)27-16-19-11-13-25-23-21(19)12-14-26-23;21-16(19-10-12-4-2-1-3-5-12)20-11-13-6-8-17-15-14(13)7-9-18-15;1-4-7-16(10)13-17(11,8-5-2)15-18(12,14-16)9-6-3;10-9(11)7-6-8-4-2-1-3-5-8;1-4-7(5-2)6-3/h1-3,6-7,11-14,20H,4-5,8,15-17H2,(H,25,26)(H2,27,28,31);6-9,12H,1-5,10-11H2,(H,17,18)(H2,19,20,21);4-9H2,1-3H3;1-5H,(H,10,11);4-6H2,1-3H3. The van der Waals surface area contributed by atoms with E-state index in [2.05, 4.69) is 90.7 Å². The van der Waals surface area contributed by atoms with Crippen molar-refractivity contribution in [1.29, 1.82) is 0 Å². The zero-order valence-electron chi connectivity index (χ0n) is 51.8. The molecule has 88 heavy (non-hydrogen) atoms. The number of fused-ring (bicyclic) bond motifs is 2. The maximum atomic E-state index is 12.7. The van der Waals surface area contributed by atoms with E-state index in [1.54, 1.807) is 39.1 Å². The molecule has 3 fully saturated rings. The van der Waals surface area contributed by atoms with Crippen molar-refractivity contribution >= 4 is 91.4 Å². The maximum absolute atomic E-state index is 12.7. The number of hydrogen-bond donors (Lipinski definition) is 7. The van der Waals surface area contributed by atoms with Crippen LogP contribution in [-0.2, 0) is 49.3 Å². The molecule has 2 aliphatic heterocycles. The number of amides is 1. The van der Waals surface area contributed by atoms with Gasteiger partial charge in [-0.1, -0.05) is 109 Å². The molecule has 2 saturated heterocycles. The number of piperidine rings is 1. The third kappa shape index (κ3) is 25.7. The van der Waals surface area contributed by atoms with Crippen LogP contribution in [0.25, 0.3) is 22.1 Å². The van der Waals surface area contributed by atoms with Gasteiger partial charge in [0.05, 0.1) is 18.5 Å². The second-order valence-electron chi connectivity index (χ2n) is 21.1. The Morgan fingerprint density at radius 2 is 1.05 bits per heavy atom. The van der Waals surface area contributed by atoms with Gasteiger partial charge in [0.25, 0.3) is 5.91 Å². The van der Waals surface area contributed by atoms with Crippen LogP contribution >= 0.6 is 47.2 Å². The SMILES string of the molecule is CCCP1(=O)OP(=O)(CCC)OP(=O)(CCC)O1.CCN(CC)CC.O=C(C#Cc1ccccc1)N1CCCCC1CNC(=S)NCc1ccnc2[nH]ccc12.O=C(O)C#Cc1ccccc1.S=C(NCc1ccnc2[nH]ccc12)NCC1CCCCC1. The summed E-state index contributed by atoms with van der Waals surface area (Å²) in [6.45, 7) is 19.2. The normalized spacial score (nSPS) is 19.5. The summed E-state index contributed by atoms with van der Waals surface area (Å²) >= 11 is 10.8. The van der Waals surface area contributed by atoms with E-state index in [1.165, 1.54) is 57.3 Å². The quantitative estimate of drug-likeness (QED) is 0.0255. The number of pyridine rings is 2. The predicted octanol–water partition coefficient (Wildman–Crippen LogP) is 13.4. The highest BCUT2D eigenvalue weighted by atomic mass is 32.1. The topological polar surface area (TPSA) is 245 Å². The highest BCUT2D eigenvalue weighted by Crippen LogP contribution is 2.82. The fourth-order valence-corrected chi connectivity index (χ4v) is 19.5. The Hall–Kier alpha value is -6.21. The van der Waals surface area contributed by atoms with Gasteiger partial charge >= 0.3 is 28.8 Å². The molecular weight excluding hydrogens is 1210 g/mol. The van der Waals surface area contributed by atoms with Crippen LogP contribution in [0.1, 0.15) is 134 Å². The lowest BCUT2D eigenvalue weighted by Gasteiger charge is -2.34. The van der Waals surface area contributed by atoms with Crippen LogP contribution in [0, 0.1) is 29.6 Å². The van der Waals surface area contributed by atoms with E-state index in [1.807, 2.05) is 96.1 Å². The Morgan fingerprint density at radius 1 is 0.602 bits per heavy atom. The fourth-order valence-electron chi connectivity index (χ4n) is 9.86. The van der Waals surface area contributed by atoms with Crippen molar-refractivity contribution in [2.45, 2.75) is 131 Å². The van der Waals surface area contributed by atoms with Gasteiger partial charge in [0.1, 0.15) is 11.3 Å². The maximum Gasteiger partial charge on any atom is 0.382 e. The van der Waals surface area contributed by atoms with Crippen molar-refractivity contribution in [2.24, 2.45) is 5.92 Å². The Bertz CT molecular complexity index is 3310. The van der Waals surface area contributed by atoms with Gasteiger partial charge in [-0.15, -0.1) is 0 Å². The van der Waals surface area contributed by atoms with E-state index in [4.69, 9.17) is 42.5 Å². The van der Waals surface area contributed by atoms with Crippen LogP contribution in [-0.4, -0.2) is 121 Å². The zero-order chi connectivity index (χ0) is 63.6. The Balaban J connectivity index is 0.000000217. The highest BCUT2D eigenvalue weighted by molar-refractivity contribution is 7.80. The molecule has 7 N–H and O–H groups in total. The average molecular weight is 1300 g/mol. The van der Waals surface area contributed by atoms with Crippen LogP contribution < -0.4 is 21.3 Å². The van der Waals surface area contributed by atoms with Gasteiger partial charge in [0, 0.05) is 97.3 Å². The summed E-state index contributed by atoms with van der Waals surface area (Å²) < 4.78 is 52.3. The van der Waals surface area contributed by atoms with E-state index < -0.39 is 28.8 Å². The molecule has 0 bridgehead atoms. The van der Waals surface area contributed by atoms with Gasteiger partial charge in [-0.3, -0.25) is 18.5 Å². The highest BCUT2D eigenvalue weighted by Gasteiger charge is 2.51. The molecule has 3 aliphatic rings. The van der Waals surface area contributed by atoms with E-state index >= 15 is 0 Å². The molecule has 4 aromatic heterocycles. The summed E-state index contributed by atoms with van der Waals surface area (Å²) in [4.78, 5) is 41.8. The molecule has 1 amide bonds. The van der Waals surface area contributed by atoms with Crippen molar-refractivity contribution < 1.29 is 41.3 Å². The minimum Gasteiger partial charge on any atom is -0.472 e. The van der Waals surface area contributed by atoms with Crippen LogP contribution in [0.4, 0.5) is 0 Å². The molecule has 19 nitrogen and oxygen atoms in total. The molecule has 1 aliphatic carbocycles. The number of likely N-dealkylation sites (tertiary alicyclic amines) is 1. The monoisotopic (exact) mass is 1300 g/mol. The number of thiocarbonyl (C=S) groups is 2. The third-order valence-corrected chi connectivity index (χ3v) is 23.9. The number of carbonyl (C=O) groups is 2. The van der Waals surface area contributed by atoms with E-state index in [0.29, 0.717) is 37.5 Å². The van der Waals surface area contributed by atoms with E-state index in [9.17, 15) is 23.3 Å². The van der Waals surface area contributed by atoms with Crippen molar-refractivity contribution in [1.82, 2.24) is 51.0 Å². The van der Waals surface area contributed by atoms with E-state index in [-0.39, 0.29) is 30.4 Å². The largest absolute Gasteiger partial charge is 0.472 e. The first-order chi connectivity index (χ1) is 42.5. The molecule has 476 valence electrons. The average Bonchev–Trinajstić information content (AvgIpc) is 2.28. The van der Waals surface area contributed by atoms with Gasteiger partial charge in [0.2, 0.25) is 0 Å². The smallest absolute Gasteiger partial charge is 0.382 e. The number of carbonyl (C=O) groups excluding carboxylic acids is 1. The van der Waals surface area contributed by atoms with Gasteiger partial charge in [-0.25, -0.2) is 27.7 Å². The van der Waals surface area contributed by atoms with Gasteiger partial charge in [0.15, 0.2) is 10.2 Å². The summed E-state index contributed by atoms with van der Waals surface area (Å²) in [6, 6.07) is 26.8. The molecule has 24 heteroatoms. The van der Waals surface area contributed by atoms with Crippen LogP contribution in [0.3, 0.4) is 0 Å². The summed E-state index contributed by atoms with van der Waals surface area (Å²) in [5.41, 5.74) is 5.70. The van der Waals surface area contributed by atoms with Crippen LogP contribution in [0.15, 0.2) is 110 Å². The number of nitrogens with zero attached hydrogens (tertiary/aromatic N) is 4. The molecule has 9 rings (SSSR count). The lowest BCUT2D eigenvalue weighted by atomic mass is 9.89. The third-order valence-electron chi connectivity index (χ3n) is 14.4. The number of aromatic amines is 2. The van der Waals surface area contributed by atoms with Crippen LogP contribution in [0.5, 0.6) is 0 Å². The number of aliphatic carboxylic acids is 1. The zero-order valence-corrected chi connectivity index (χ0v) is 56.1.